The lowest BCUT2D eigenvalue weighted by molar-refractivity contribution is 0.0589. The Morgan fingerprint density at radius 3 is 2.94 bits per heavy atom. The molecule has 8 nitrogen and oxygen atoms in total. The van der Waals surface area contributed by atoms with Gasteiger partial charge in [-0.15, -0.1) is 0 Å². The minimum atomic E-state index is 0.00689. The predicted molar refractivity (Wildman–Crippen MR) is 119 cm³/mol. The quantitative estimate of drug-likeness (QED) is 0.666. The van der Waals surface area contributed by atoms with Crippen LogP contribution in [0.4, 0.5) is 0 Å². The lowest BCUT2D eigenvalue weighted by Crippen LogP contribution is -2.49. The normalized spacial score (nSPS) is 22.1. The van der Waals surface area contributed by atoms with Crippen LogP contribution in [0.1, 0.15) is 34.3 Å². The molecule has 3 aromatic rings. The van der Waals surface area contributed by atoms with Gasteiger partial charge in [-0.3, -0.25) is 14.6 Å². The molecule has 2 atom stereocenters. The number of pyridine rings is 2. The van der Waals surface area contributed by atoms with E-state index in [1.54, 1.807) is 18.5 Å². The summed E-state index contributed by atoms with van der Waals surface area (Å²) in [4.78, 5) is 37.1. The summed E-state index contributed by atoms with van der Waals surface area (Å²) in [6, 6.07) is 7.67. The van der Waals surface area contributed by atoms with Crippen LogP contribution in [0.25, 0.3) is 11.1 Å². The minimum absolute atomic E-state index is 0.00689. The molecule has 3 aromatic heterocycles. The van der Waals surface area contributed by atoms with Crippen LogP contribution in [0.15, 0.2) is 47.7 Å². The summed E-state index contributed by atoms with van der Waals surface area (Å²) in [5.74, 6) is 1.43. The molecule has 8 heteroatoms. The second-order valence-electron chi connectivity index (χ2n) is 9.10. The molecule has 1 N–H and O–H groups in total. The van der Waals surface area contributed by atoms with Crippen molar-refractivity contribution in [1.82, 2.24) is 29.3 Å². The number of amides is 1. The van der Waals surface area contributed by atoms with Crippen LogP contribution in [0, 0.1) is 5.92 Å². The summed E-state index contributed by atoms with van der Waals surface area (Å²) in [5, 5.41) is 3.36. The van der Waals surface area contributed by atoms with Gasteiger partial charge in [-0.05, 0) is 30.0 Å². The smallest absolute Gasteiger partial charge is 0.274 e. The zero-order valence-corrected chi connectivity index (χ0v) is 17.9. The highest BCUT2D eigenvalue weighted by molar-refractivity contribution is 5.92. The highest BCUT2D eigenvalue weighted by Gasteiger charge is 2.37. The van der Waals surface area contributed by atoms with Crippen molar-refractivity contribution < 1.29 is 4.79 Å². The fourth-order valence-electron chi connectivity index (χ4n) is 5.46. The van der Waals surface area contributed by atoms with Gasteiger partial charge in [0, 0.05) is 87.5 Å². The molecule has 6 heterocycles. The van der Waals surface area contributed by atoms with Crippen molar-refractivity contribution >= 4 is 5.91 Å². The zero-order valence-electron chi connectivity index (χ0n) is 17.9. The second kappa shape index (κ2) is 7.70. The van der Waals surface area contributed by atoms with Crippen LogP contribution >= 0.6 is 0 Å². The molecule has 0 unspecified atom stereocenters. The van der Waals surface area contributed by atoms with E-state index in [0.29, 0.717) is 25.3 Å². The topological polar surface area (TPSA) is 85.1 Å². The van der Waals surface area contributed by atoms with Crippen LogP contribution in [-0.2, 0) is 19.5 Å². The van der Waals surface area contributed by atoms with Gasteiger partial charge in [0.15, 0.2) is 0 Å². The standard InChI is InChI=1S/C24H26N6O2/c31-23-10-18(17-2-1-4-26-11-17)9-21-19-8-16(13-30(21)23)12-29(14-19)24(32)20-15-28-7-6-25-5-3-22(28)27-20/h1-2,4,9-11,15-16,19,25H,3,5-8,12-14H2/t16-,19+/m0/s1. The Bertz CT molecular complexity index is 1210. The SMILES string of the molecule is O=C(c1cn2c(n1)CCNCC2)N1C[C@@H]2C[C@H](C1)c1cc(-c3cccnc3)cc(=O)n1C2. The van der Waals surface area contributed by atoms with Gasteiger partial charge in [0.1, 0.15) is 11.5 Å². The number of piperidine rings is 1. The number of fused-ring (bicyclic) bond motifs is 5. The summed E-state index contributed by atoms with van der Waals surface area (Å²) >= 11 is 0. The van der Waals surface area contributed by atoms with E-state index >= 15 is 0 Å². The summed E-state index contributed by atoms with van der Waals surface area (Å²) in [5.41, 5.74) is 3.43. The van der Waals surface area contributed by atoms with Crippen molar-refractivity contribution in [3.63, 3.8) is 0 Å². The highest BCUT2D eigenvalue weighted by Crippen LogP contribution is 2.37. The number of aromatic nitrogens is 4. The largest absolute Gasteiger partial charge is 0.336 e. The molecule has 2 bridgehead atoms. The average Bonchev–Trinajstić information content (AvgIpc) is 3.09. The fourth-order valence-corrected chi connectivity index (χ4v) is 5.46. The van der Waals surface area contributed by atoms with E-state index in [1.165, 1.54) is 0 Å². The predicted octanol–water partition coefficient (Wildman–Crippen LogP) is 1.51. The first kappa shape index (κ1) is 19.4. The Morgan fingerprint density at radius 1 is 1.12 bits per heavy atom. The van der Waals surface area contributed by atoms with Gasteiger partial charge in [-0.2, -0.15) is 0 Å². The molecule has 1 fully saturated rings. The number of carbonyl (C=O) groups excluding carboxylic acids is 1. The molecule has 3 aliphatic rings. The van der Waals surface area contributed by atoms with Gasteiger partial charge in [0.25, 0.3) is 11.5 Å². The third kappa shape index (κ3) is 3.35. The van der Waals surface area contributed by atoms with Crippen LogP contribution in [0.5, 0.6) is 0 Å². The van der Waals surface area contributed by atoms with Crippen LogP contribution in [-0.4, -0.2) is 56.1 Å². The van der Waals surface area contributed by atoms with Crippen LogP contribution < -0.4 is 10.9 Å². The Morgan fingerprint density at radius 2 is 2.06 bits per heavy atom. The number of nitrogens with zero attached hydrogens (tertiary/aromatic N) is 5. The number of carbonyl (C=O) groups is 1. The first-order valence-corrected chi connectivity index (χ1v) is 11.4. The van der Waals surface area contributed by atoms with E-state index in [2.05, 4.69) is 25.9 Å². The Labute approximate surface area is 185 Å². The molecular weight excluding hydrogens is 404 g/mol. The number of rotatable bonds is 2. The molecule has 0 radical (unpaired) electrons. The highest BCUT2D eigenvalue weighted by atomic mass is 16.2. The molecule has 0 aliphatic carbocycles. The lowest BCUT2D eigenvalue weighted by Gasteiger charge is -2.42. The molecular formula is C24H26N6O2. The van der Waals surface area contributed by atoms with Crippen molar-refractivity contribution in [2.45, 2.75) is 31.8 Å². The monoisotopic (exact) mass is 430 g/mol. The average molecular weight is 431 g/mol. The molecule has 0 saturated carbocycles. The fraction of sp³-hybridized carbons (Fsp3) is 0.417. The molecule has 0 spiro atoms. The summed E-state index contributed by atoms with van der Waals surface area (Å²) in [6.07, 6.45) is 7.27. The Hall–Kier alpha value is -3.26. The number of imidazole rings is 1. The van der Waals surface area contributed by atoms with Crippen LogP contribution in [0.3, 0.4) is 0 Å². The van der Waals surface area contributed by atoms with E-state index in [9.17, 15) is 9.59 Å². The van der Waals surface area contributed by atoms with Gasteiger partial charge in [-0.1, -0.05) is 6.07 Å². The third-order valence-corrected chi connectivity index (χ3v) is 6.97. The molecule has 1 saturated heterocycles. The maximum Gasteiger partial charge on any atom is 0.274 e. The number of likely N-dealkylation sites (tertiary alicyclic amines) is 1. The summed E-state index contributed by atoms with van der Waals surface area (Å²) < 4.78 is 4.01. The van der Waals surface area contributed by atoms with Crippen LogP contribution in [0.2, 0.25) is 0 Å². The first-order chi connectivity index (χ1) is 15.7. The first-order valence-electron chi connectivity index (χ1n) is 11.4. The van der Waals surface area contributed by atoms with Gasteiger partial charge in [0.05, 0.1) is 0 Å². The maximum absolute atomic E-state index is 13.4. The Balaban J connectivity index is 1.29. The van der Waals surface area contributed by atoms with Gasteiger partial charge < -0.3 is 19.4 Å². The number of hydrogen-bond acceptors (Lipinski definition) is 5. The number of nitrogens with one attached hydrogen (secondary N) is 1. The van der Waals surface area contributed by atoms with E-state index in [4.69, 9.17) is 0 Å². The summed E-state index contributed by atoms with van der Waals surface area (Å²) in [7, 11) is 0. The zero-order chi connectivity index (χ0) is 21.7. The molecule has 0 aromatic carbocycles. The maximum atomic E-state index is 13.4. The summed E-state index contributed by atoms with van der Waals surface area (Å²) in [6.45, 7) is 4.59. The van der Waals surface area contributed by atoms with E-state index in [0.717, 1.165) is 55.1 Å². The number of hydrogen-bond donors (Lipinski definition) is 1. The van der Waals surface area contributed by atoms with Crippen molar-refractivity contribution in [2.24, 2.45) is 5.92 Å². The molecule has 3 aliphatic heterocycles. The van der Waals surface area contributed by atoms with Crippen molar-refractivity contribution in [3.8, 4) is 11.1 Å². The van der Waals surface area contributed by atoms with Crippen molar-refractivity contribution in [1.29, 1.82) is 0 Å². The van der Waals surface area contributed by atoms with Crippen molar-refractivity contribution in [2.75, 3.05) is 26.2 Å². The third-order valence-electron chi connectivity index (χ3n) is 6.97. The lowest BCUT2D eigenvalue weighted by atomic mass is 9.82. The van der Waals surface area contributed by atoms with Gasteiger partial charge >= 0.3 is 0 Å². The van der Waals surface area contributed by atoms with E-state index in [-0.39, 0.29) is 23.3 Å². The Kier molecular flexibility index (Phi) is 4.68. The van der Waals surface area contributed by atoms with E-state index < -0.39 is 0 Å². The van der Waals surface area contributed by atoms with Gasteiger partial charge in [0.2, 0.25) is 0 Å². The van der Waals surface area contributed by atoms with Crippen molar-refractivity contribution in [3.05, 3.63) is 70.4 Å². The minimum Gasteiger partial charge on any atom is -0.336 e. The molecule has 6 rings (SSSR count). The molecule has 164 valence electrons. The second-order valence-corrected chi connectivity index (χ2v) is 9.10. The molecule has 1 amide bonds. The molecule has 32 heavy (non-hydrogen) atoms. The van der Waals surface area contributed by atoms with E-state index in [1.807, 2.05) is 27.8 Å². The van der Waals surface area contributed by atoms with Gasteiger partial charge in [-0.25, -0.2) is 4.98 Å².